The number of aliphatic carboxylic acids is 1. The third kappa shape index (κ3) is 3.45. The lowest BCUT2D eigenvalue weighted by atomic mass is 9.98. The molecule has 0 saturated carbocycles. The minimum Gasteiger partial charge on any atom is -0.496 e. The summed E-state index contributed by atoms with van der Waals surface area (Å²) in [6.45, 7) is 0.0647. The third-order valence-corrected chi connectivity index (χ3v) is 4.74. The highest BCUT2D eigenvalue weighted by Crippen LogP contribution is 2.25. The standard InChI is InChI=1S/C14H17NO7S/c1-21-11-4-3-9(23(2,19)20)7-10(11)12(16)15-14(13(17)18)5-6-22-8-14/h3-4,7H,5-6,8H2,1-2H3,(H,15,16)(H,17,18). The van der Waals surface area contributed by atoms with Crippen LogP contribution in [0.15, 0.2) is 23.1 Å². The molecule has 1 unspecified atom stereocenters. The number of nitrogens with one attached hydrogen (secondary N) is 1. The number of hydrogen-bond acceptors (Lipinski definition) is 6. The summed E-state index contributed by atoms with van der Waals surface area (Å²) >= 11 is 0. The van der Waals surface area contributed by atoms with E-state index in [9.17, 15) is 23.1 Å². The molecular formula is C14H17NO7S. The first kappa shape index (κ1) is 17.2. The van der Waals surface area contributed by atoms with Gasteiger partial charge in [-0.15, -0.1) is 0 Å². The maximum Gasteiger partial charge on any atom is 0.331 e. The fraction of sp³-hybridized carbons (Fsp3) is 0.429. The number of carboxylic acids is 1. The van der Waals surface area contributed by atoms with Crippen LogP contribution >= 0.6 is 0 Å². The van der Waals surface area contributed by atoms with E-state index < -0.39 is 27.3 Å². The van der Waals surface area contributed by atoms with Crippen LogP contribution < -0.4 is 10.1 Å². The number of hydrogen-bond donors (Lipinski definition) is 2. The predicted octanol–water partition coefficient (Wildman–Crippen LogP) is 0.0722. The van der Waals surface area contributed by atoms with E-state index in [0.717, 1.165) is 12.3 Å². The van der Waals surface area contributed by atoms with Crippen LogP contribution in [0.1, 0.15) is 16.8 Å². The Kier molecular flexibility index (Phi) is 4.62. The fourth-order valence-corrected chi connectivity index (χ4v) is 2.91. The van der Waals surface area contributed by atoms with Gasteiger partial charge in [-0.05, 0) is 18.2 Å². The highest BCUT2D eigenvalue weighted by molar-refractivity contribution is 7.90. The zero-order valence-electron chi connectivity index (χ0n) is 12.7. The van der Waals surface area contributed by atoms with Crippen LogP contribution in [0.5, 0.6) is 5.75 Å². The van der Waals surface area contributed by atoms with Crippen molar-refractivity contribution in [3.8, 4) is 5.75 Å². The molecular weight excluding hydrogens is 326 g/mol. The van der Waals surface area contributed by atoms with E-state index in [1.54, 1.807) is 0 Å². The summed E-state index contributed by atoms with van der Waals surface area (Å²) < 4.78 is 33.4. The number of methoxy groups -OCH3 is 1. The molecule has 1 atom stereocenters. The van der Waals surface area contributed by atoms with Crippen LogP contribution in [0.25, 0.3) is 0 Å². The number of benzene rings is 1. The maximum absolute atomic E-state index is 12.5. The van der Waals surface area contributed by atoms with Gasteiger partial charge in [0, 0.05) is 19.3 Å². The van der Waals surface area contributed by atoms with Crippen LogP contribution in [-0.4, -0.2) is 57.5 Å². The lowest BCUT2D eigenvalue weighted by Gasteiger charge is -2.24. The van der Waals surface area contributed by atoms with Gasteiger partial charge in [0.2, 0.25) is 0 Å². The maximum atomic E-state index is 12.5. The van der Waals surface area contributed by atoms with E-state index in [1.165, 1.54) is 19.2 Å². The smallest absolute Gasteiger partial charge is 0.331 e. The molecule has 1 saturated heterocycles. The van der Waals surface area contributed by atoms with Crippen molar-refractivity contribution in [3.05, 3.63) is 23.8 Å². The first-order valence-electron chi connectivity index (χ1n) is 6.71. The molecule has 8 nitrogen and oxygen atoms in total. The van der Waals surface area contributed by atoms with Crippen LogP contribution in [0.3, 0.4) is 0 Å². The van der Waals surface area contributed by atoms with E-state index >= 15 is 0 Å². The topological polar surface area (TPSA) is 119 Å². The molecule has 9 heteroatoms. The van der Waals surface area contributed by atoms with Gasteiger partial charge >= 0.3 is 5.97 Å². The highest BCUT2D eigenvalue weighted by atomic mass is 32.2. The molecule has 2 N–H and O–H groups in total. The van der Waals surface area contributed by atoms with Crippen molar-refractivity contribution < 1.29 is 32.6 Å². The normalized spacial score (nSPS) is 21.0. The second-order valence-electron chi connectivity index (χ2n) is 5.28. The Morgan fingerprint density at radius 2 is 2.09 bits per heavy atom. The molecule has 1 aromatic carbocycles. The molecule has 1 fully saturated rings. The number of ether oxygens (including phenoxy) is 2. The second-order valence-corrected chi connectivity index (χ2v) is 7.29. The average Bonchev–Trinajstić information content (AvgIpc) is 2.95. The fourth-order valence-electron chi connectivity index (χ4n) is 2.27. The van der Waals surface area contributed by atoms with Crippen LogP contribution in [0, 0.1) is 0 Å². The van der Waals surface area contributed by atoms with Gasteiger partial charge in [-0.2, -0.15) is 0 Å². The zero-order chi connectivity index (χ0) is 17.3. The Labute approximate surface area is 133 Å². The first-order valence-corrected chi connectivity index (χ1v) is 8.60. The summed E-state index contributed by atoms with van der Waals surface area (Å²) in [5.41, 5.74) is -1.58. The molecule has 1 aromatic rings. The van der Waals surface area contributed by atoms with Crippen molar-refractivity contribution in [1.29, 1.82) is 0 Å². The predicted molar refractivity (Wildman–Crippen MR) is 79.4 cm³/mol. The highest BCUT2D eigenvalue weighted by Gasteiger charge is 2.44. The minimum atomic E-state index is -3.52. The van der Waals surface area contributed by atoms with Gasteiger partial charge in [0.05, 0.1) is 24.2 Å². The van der Waals surface area contributed by atoms with Crippen LogP contribution in [0.4, 0.5) is 0 Å². The first-order chi connectivity index (χ1) is 10.7. The van der Waals surface area contributed by atoms with E-state index in [1.807, 2.05) is 0 Å². The zero-order valence-corrected chi connectivity index (χ0v) is 13.5. The average molecular weight is 343 g/mol. The molecule has 126 valence electrons. The molecule has 0 aromatic heterocycles. The summed E-state index contributed by atoms with van der Waals surface area (Å²) in [4.78, 5) is 23.9. The van der Waals surface area contributed by atoms with Crippen LogP contribution in [0.2, 0.25) is 0 Å². The van der Waals surface area contributed by atoms with Crippen molar-refractivity contribution >= 4 is 21.7 Å². The molecule has 2 rings (SSSR count). The molecule has 1 aliphatic heterocycles. The van der Waals surface area contributed by atoms with E-state index in [4.69, 9.17) is 9.47 Å². The Morgan fingerprint density at radius 3 is 2.57 bits per heavy atom. The number of carbonyl (C=O) groups is 2. The number of sulfone groups is 1. The summed E-state index contributed by atoms with van der Waals surface area (Å²) in [5.74, 6) is -1.80. The van der Waals surface area contributed by atoms with Gasteiger partial charge < -0.3 is 19.9 Å². The second kappa shape index (κ2) is 6.17. The van der Waals surface area contributed by atoms with Crippen molar-refractivity contribution in [3.63, 3.8) is 0 Å². The minimum absolute atomic E-state index is 0.0528. The van der Waals surface area contributed by atoms with Crippen molar-refractivity contribution in [2.45, 2.75) is 16.9 Å². The number of carboxylic acid groups (broad SMARTS) is 1. The Morgan fingerprint density at radius 1 is 1.39 bits per heavy atom. The largest absolute Gasteiger partial charge is 0.496 e. The lowest BCUT2D eigenvalue weighted by molar-refractivity contribution is -0.144. The molecule has 0 aliphatic carbocycles. The third-order valence-electron chi connectivity index (χ3n) is 3.63. The van der Waals surface area contributed by atoms with Gasteiger partial charge in [-0.25, -0.2) is 13.2 Å². The van der Waals surface area contributed by atoms with Crippen LogP contribution in [-0.2, 0) is 19.4 Å². The van der Waals surface area contributed by atoms with Crippen molar-refractivity contribution in [2.75, 3.05) is 26.6 Å². The Hall–Kier alpha value is -2.13. The molecule has 1 amide bonds. The Balaban J connectivity index is 2.40. The Bertz CT molecular complexity index is 735. The summed E-state index contributed by atoms with van der Waals surface area (Å²) in [6.07, 6.45) is 1.14. The van der Waals surface area contributed by atoms with Gasteiger partial charge in [-0.3, -0.25) is 4.79 Å². The lowest BCUT2D eigenvalue weighted by Crippen LogP contribution is -2.55. The van der Waals surface area contributed by atoms with Crippen molar-refractivity contribution in [1.82, 2.24) is 5.32 Å². The van der Waals surface area contributed by atoms with Gasteiger partial charge in [-0.1, -0.05) is 0 Å². The number of carbonyl (C=O) groups excluding carboxylic acids is 1. The molecule has 0 radical (unpaired) electrons. The quantitative estimate of drug-likeness (QED) is 0.776. The SMILES string of the molecule is COc1ccc(S(C)(=O)=O)cc1C(=O)NC1(C(=O)O)CCOC1. The number of rotatable bonds is 5. The van der Waals surface area contributed by atoms with Gasteiger partial charge in [0.15, 0.2) is 15.4 Å². The molecule has 1 heterocycles. The van der Waals surface area contributed by atoms with E-state index in [-0.39, 0.29) is 35.8 Å². The molecule has 1 aliphatic rings. The van der Waals surface area contributed by atoms with E-state index in [2.05, 4.69) is 5.32 Å². The van der Waals surface area contributed by atoms with Gasteiger partial charge in [0.1, 0.15) is 5.75 Å². The summed E-state index contributed by atoms with van der Waals surface area (Å²) in [5, 5.41) is 11.8. The number of amides is 1. The molecule has 23 heavy (non-hydrogen) atoms. The van der Waals surface area contributed by atoms with Crippen molar-refractivity contribution in [2.24, 2.45) is 0 Å². The monoisotopic (exact) mass is 343 g/mol. The molecule has 0 spiro atoms. The van der Waals surface area contributed by atoms with E-state index in [0.29, 0.717) is 0 Å². The summed E-state index contributed by atoms with van der Waals surface area (Å²) in [6, 6.07) is 3.83. The summed E-state index contributed by atoms with van der Waals surface area (Å²) in [7, 11) is -2.19. The molecule has 0 bridgehead atoms. The van der Waals surface area contributed by atoms with Gasteiger partial charge in [0.25, 0.3) is 5.91 Å².